The topological polar surface area (TPSA) is 55.9 Å². The number of thiocarbonyl (C=S) groups is 1. The summed E-state index contributed by atoms with van der Waals surface area (Å²) in [6.07, 6.45) is 0. The Balaban J connectivity index is 2.30. The van der Waals surface area contributed by atoms with Crippen molar-refractivity contribution in [3.63, 3.8) is 0 Å². The van der Waals surface area contributed by atoms with Gasteiger partial charge in [0, 0.05) is 23.2 Å². The van der Waals surface area contributed by atoms with Crippen molar-refractivity contribution in [1.82, 2.24) is 9.78 Å². The monoisotopic (exact) mass is 324 g/mol. The van der Waals surface area contributed by atoms with Crippen molar-refractivity contribution >= 4 is 44.6 Å². The summed E-state index contributed by atoms with van der Waals surface area (Å²) < 4.78 is 2.70. The van der Waals surface area contributed by atoms with Crippen molar-refractivity contribution in [2.75, 3.05) is 5.32 Å². The predicted molar refractivity (Wildman–Crippen MR) is 81.3 cm³/mol. The van der Waals surface area contributed by atoms with Crippen LogP contribution in [-0.2, 0) is 7.05 Å². The average molecular weight is 325 g/mol. The number of halogens is 1. The molecule has 2 aromatic rings. The molecule has 1 aromatic heterocycles. The van der Waals surface area contributed by atoms with E-state index in [0.717, 1.165) is 27.2 Å². The van der Waals surface area contributed by atoms with Crippen LogP contribution < -0.4 is 11.1 Å². The van der Waals surface area contributed by atoms with E-state index in [1.165, 1.54) is 0 Å². The van der Waals surface area contributed by atoms with Gasteiger partial charge in [-0.2, -0.15) is 5.10 Å². The lowest BCUT2D eigenvalue weighted by Crippen LogP contribution is -2.09. The second-order valence-corrected chi connectivity index (χ2v) is 5.27. The molecular weight excluding hydrogens is 312 g/mol. The van der Waals surface area contributed by atoms with Crippen LogP contribution in [0.5, 0.6) is 0 Å². The van der Waals surface area contributed by atoms with Crippen molar-refractivity contribution in [2.24, 2.45) is 12.8 Å². The van der Waals surface area contributed by atoms with Gasteiger partial charge in [-0.1, -0.05) is 12.2 Å². The fraction of sp³-hybridized carbons (Fsp3) is 0.167. The van der Waals surface area contributed by atoms with Crippen LogP contribution in [0.1, 0.15) is 11.3 Å². The van der Waals surface area contributed by atoms with Crippen LogP contribution >= 0.6 is 28.1 Å². The molecule has 4 nitrogen and oxygen atoms in total. The number of nitrogens with two attached hydrogens (primary N) is 1. The smallest absolute Gasteiger partial charge is 0.128 e. The average Bonchev–Trinajstić information content (AvgIpc) is 2.60. The maximum atomic E-state index is 5.59. The van der Waals surface area contributed by atoms with Gasteiger partial charge in [0.2, 0.25) is 0 Å². The summed E-state index contributed by atoms with van der Waals surface area (Å²) in [6, 6.07) is 7.70. The number of benzene rings is 1. The number of anilines is 2. The zero-order chi connectivity index (χ0) is 13.3. The van der Waals surface area contributed by atoms with Crippen LogP contribution in [0, 0.1) is 6.92 Å². The minimum atomic E-state index is 0.388. The van der Waals surface area contributed by atoms with Crippen LogP contribution in [-0.4, -0.2) is 14.8 Å². The lowest BCUT2D eigenvalue weighted by atomic mass is 10.2. The minimum absolute atomic E-state index is 0.388. The van der Waals surface area contributed by atoms with Crippen molar-refractivity contribution < 1.29 is 0 Å². The van der Waals surface area contributed by atoms with Crippen molar-refractivity contribution in [3.05, 3.63) is 40.0 Å². The van der Waals surface area contributed by atoms with Crippen LogP contribution in [0.2, 0.25) is 0 Å². The van der Waals surface area contributed by atoms with Crippen LogP contribution in [0.3, 0.4) is 0 Å². The molecule has 0 aliphatic carbocycles. The van der Waals surface area contributed by atoms with E-state index >= 15 is 0 Å². The number of aryl methyl sites for hydroxylation is 2. The molecule has 3 N–H and O–H groups in total. The van der Waals surface area contributed by atoms with Crippen LogP contribution in [0.4, 0.5) is 11.5 Å². The molecule has 0 saturated heterocycles. The molecule has 0 bridgehead atoms. The summed E-state index contributed by atoms with van der Waals surface area (Å²) in [7, 11) is 1.90. The third-order valence-corrected chi connectivity index (χ3v) is 3.41. The third-order valence-electron chi connectivity index (χ3n) is 2.52. The molecule has 0 unspecified atom stereocenters. The molecule has 0 fully saturated rings. The van der Waals surface area contributed by atoms with Gasteiger partial charge in [-0.25, -0.2) is 0 Å². The van der Waals surface area contributed by atoms with E-state index in [1.807, 2.05) is 38.2 Å². The molecular formula is C12H13BrN4S. The second kappa shape index (κ2) is 5.07. The first-order valence-corrected chi connectivity index (χ1v) is 6.54. The Kier molecular flexibility index (Phi) is 3.68. The lowest BCUT2D eigenvalue weighted by Gasteiger charge is -2.09. The van der Waals surface area contributed by atoms with E-state index in [9.17, 15) is 0 Å². The molecule has 1 heterocycles. The van der Waals surface area contributed by atoms with E-state index in [-0.39, 0.29) is 0 Å². The predicted octanol–water partition coefficient (Wildman–Crippen LogP) is 2.87. The van der Waals surface area contributed by atoms with E-state index in [2.05, 4.69) is 26.3 Å². The first kappa shape index (κ1) is 13.0. The minimum Gasteiger partial charge on any atom is -0.389 e. The van der Waals surface area contributed by atoms with E-state index < -0.39 is 0 Å². The molecule has 6 heteroatoms. The summed E-state index contributed by atoms with van der Waals surface area (Å²) in [5.41, 5.74) is 8.34. The molecule has 1 aromatic carbocycles. The summed E-state index contributed by atoms with van der Waals surface area (Å²) in [4.78, 5) is 0.388. The Hall–Kier alpha value is -1.40. The number of rotatable bonds is 3. The fourth-order valence-corrected chi connectivity index (χ4v) is 2.24. The Morgan fingerprint density at radius 3 is 2.67 bits per heavy atom. The summed E-state index contributed by atoms with van der Waals surface area (Å²) >= 11 is 8.44. The highest BCUT2D eigenvalue weighted by Gasteiger charge is 2.06. The highest BCUT2D eigenvalue weighted by atomic mass is 79.9. The van der Waals surface area contributed by atoms with Gasteiger partial charge < -0.3 is 11.1 Å². The first-order chi connectivity index (χ1) is 8.47. The number of nitrogens with one attached hydrogen (secondary N) is 1. The highest BCUT2D eigenvalue weighted by Crippen LogP contribution is 2.27. The second-order valence-electron chi connectivity index (χ2n) is 3.98. The van der Waals surface area contributed by atoms with Gasteiger partial charge in [0.25, 0.3) is 0 Å². The Morgan fingerprint density at radius 1 is 1.44 bits per heavy atom. The third kappa shape index (κ3) is 2.70. The molecule has 0 spiro atoms. The van der Waals surface area contributed by atoms with Gasteiger partial charge in [0.1, 0.15) is 10.8 Å². The van der Waals surface area contributed by atoms with Gasteiger partial charge in [-0.05, 0) is 41.1 Å². The molecule has 0 radical (unpaired) electrons. The standard InChI is InChI=1S/C12H13BrN4S/c1-7-5-11(17(2)16-7)15-10-4-3-8(12(14)18)6-9(10)13/h3-6,15H,1-2H3,(H2,14,18). The lowest BCUT2D eigenvalue weighted by molar-refractivity contribution is 0.765. The molecule has 0 aliphatic heterocycles. The quantitative estimate of drug-likeness (QED) is 0.852. The van der Waals surface area contributed by atoms with Gasteiger partial charge >= 0.3 is 0 Å². The summed E-state index contributed by atoms with van der Waals surface area (Å²) in [5.74, 6) is 0.927. The van der Waals surface area contributed by atoms with E-state index in [1.54, 1.807) is 4.68 Å². The normalized spacial score (nSPS) is 10.4. The van der Waals surface area contributed by atoms with Gasteiger partial charge in [0.15, 0.2) is 0 Å². The molecule has 0 atom stereocenters. The molecule has 0 saturated carbocycles. The van der Waals surface area contributed by atoms with Gasteiger partial charge in [-0.3, -0.25) is 4.68 Å². The van der Waals surface area contributed by atoms with Gasteiger partial charge in [-0.15, -0.1) is 0 Å². The zero-order valence-corrected chi connectivity index (χ0v) is 12.5. The maximum absolute atomic E-state index is 5.59. The largest absolute Gasteiger partial charge is 0.389 e. The Morgan fingerprint density at radius 2 is 2.17 bits per heavy atom. The van der Waals surface area contributed by atoms with Crippen molar-refractivity contribution in [3.8, 4) is 0 Å². The van der Waals surface area contributed by atoms with Gasteiger partial charge in [0.05, 0.1) is 11.4 Å². The Labute approximate surface area is 119 Å². The molecule has 18 heavy (non-hydrogen) atoms. The SMILES string of the molecule is Cc1cc(Nc2ccc(C(N)=S)cc2Br)n(C)n1. The van der Waals surface area contributed by atoms with E-state index in [0.29, 0.717) is 4.99 Å². The number of hydrogen-bond acceptors (Lipinski definition) is 3. The molecule has 2 rings (SSSR count). The van der Waals surface area contributed by atoms with E-state index in [4.69, 9.17) is 18.0 Å². The summed E-state index contributed by atoms with van der Waals surface area (Å²) in [6.45, 7) is 1.95. The van der Waals surface area contributed by atoms with Crippen molar-refractivity contribution in [2.45, 2.75) is 6.92 Å². The van der Waals surface area contributed by atoms with Crippen LogP contribution in [0.25, 0.3) is 0 Å². The zero-order valence-electron chi connectivity index (χ0n) is 10.1. The number of aromatic nitrogens is 2. The van der Waals surface area contributed by atoms with Crippen molar-refractivity contribution in [1.29, 1.82) is 0 Å². The van der Waals surface area contributed by atoms with Crippen LogP contribution in [0.15, 0.2) is 28.7 Å². The summed E-state index contributed by atoms with van der Waals surface area (Å²) in [5, 5.41) is 7.58. The molecule has 0 amide bonds. The number of hydrogen-bond donors (Lipinski definition) is 2. The first-order valence-electron chi connectivity index (χ1n) is 5.34. The number of nitrogens with zero attached hydrogens (tertiary/aromatic N) is 2. The highest BCUT2D eigenvalue weighted by molar-refractivity contribution is 9.10. The fourth-order valence-electron chi connectivity index (χ4n) is 1.64. The molecule has 0 aliphatic rings. The maximum Gasteiger partial charge on any atom is 0.128 e. The Bertz CT molecular complexity index is 606. The molecule has 94 valence electrons.